The van der Waals surface area contributed by atoms with Crippen LogP contribution in [0.4, 0.5) is 0 Å². The number of fused-ring (bicyclic) bond motifs is 3. The number of ether oxygens (including phenoxy) is 1. The zero-order chi connectivity index (χ0) is 19.3. The van der Waals surface area contributed by atoms with Crippen molar-refractivity contribution in [3.8, 4) is 5.75 Å². The van der Waals surface area contributed by atoms with Gasteiger partial charge in [0.25, 0.3) is 0 Å². The van der Waals surface area contributed by atoms with Gasteiger partial charge < -0.3 is 4.74 Å². The molecular formula is C22H15Br2ClN2O. The van der Waals surface area contributed by atoms with Crippen LogP contribution < -0.4 is 4.74 Å². The average molecular weight is 519 g/mol. The number of benzene rings is 3. The highest BCUT2D eigenvalue weighted by atomic mass is 79.9. The molecule has 28 heavy (non-hydrogen) atoms. The number of nitrogens with zero attached hydrogens (tertiary/aromatic N) is 2. The zero-order valence-electron chi connectivity index (χ0n) is 14.6. The molecule has 2 aliphatic rings. The third kappa shape index (κ3) is 3.25. The van der Waals surface area contributed by atoms with Gasteiger partial charge >= 0.3 is 0 Å². The van der Waals surface area contributed by atoms with Crippen LogP contribution in [-0.4, -0.2) is 10.7 Å². The zero-order valence-corrected chi connectivity index (χ0v) is 18.6. The van der Waals surface area contributed by atoms with Crippen LogP contribution in [0.25, 0.3) is 0 Å². The van der Waals surface area contributed by atoms with Crippen LogP contribution in [0.5, 0.6) is 5.75 Å². The molecule has 0 saturated heterocycles. The van der Waals surface area contributed by atoms with Gasteiger partial charge in [-0.1, -0.05) is 67.7 Å². The van der Waals surface area contributed by atoms with Crippen LogP contribution in [-0.2, 0) is 0 Å². The third-order valence-electron chi connectivity index (χ3n) is 5.08. The first-order valence-electron chi connectivity index (χ1n) is 8.92. The summed E-state index contributed by atoms with van der Waals surface area (Å²) in [5.41, 5.74) is 4.32. The molecule has 3 aromatic rings. The van der Waals surface area contributed by atoms with E-state index in [0.717, 1.165) is 43.5 Å². The van der Waals surface area contributed by atoms with Crippen molar-refractivity contribution in [2.45, 2.75) is 18.7 Å². The maximum absolute atomic E-state index is 6.37. The van der Waals surface area contributed by atoms with E-state index in [1.165, 1.54) is 0 Å². The summed E-state index contributed by atoms with van der Waals surface area (Å²) in [5, 5.41) is 7.75. The molecule has 0 aromatic heterocycles. The molecule has 0 spiro atoms. The van der Waals surface area contributed by atoms with E-state index in [2.05, 4.69) is 61.1 Å². The standard InChI is InChI=1S/C22H15Br2ClN2O/c23-15-5-1-13(2-6-15)19-12-20-18-11-17(25)9-10-21(18)28-22(27(20)26-19)14-3-7-16(24)8-4-14/h1-11,20,22H,12H2. The number of rotatable bonds is 2. The number of hydrogen-bond donors (Lipinski definition) is 0. The summed E-state index contributed by atoms with van der Waals surface area (Å²) in [6, 6.07) is 22.4. The van der Waals surface area contributed by atoms with Gasteiger partial charge in [-0.15, -0.1) is 0 Å². The Morgan fingerprint density at radius 1 is 0.929 bits per heavy atom. The van der Waals surface area contributed by atoms with Gasteiger partial charge in [0, 0.05) is 31.5 Å². The van der Waals surface area contributed by atoms with Gasteiger partial charge in [0.1, 0.15) is 5.75 Å². The van der Waals surface area contributed by atoms with Crippen LogP contribution in [0, 0.1) is 0 Å². The minimum atomic E-state index is -0.278. The molecule has 0 bridgehead atoms. The normalized spacial score (nSPS) is 20.2. The Bertz CT molecular complexity index is 1070. The largest absolute Gasteiger partial charge is 0.464 e. The van der Waals surface area contributed by atoms with Crippen molar-refractivity contribution in [2.75, 3.05) is 0 Å². The fourth-order valence-electron chi connectivity index (χ4n) is 3.72. The van der Waals surface area contributed by atoms with Gasteiger partial charge in [-0.05, 0) is 48.0 Å². The minimum absolute atomic E-state index is 0.0924. The Balaban J connectivity index is 1.59. The van der Waals surface area contributed by atoms with Gasteiger partial charge in [-0.25, -0.2) is 5.01 Å². The van der Waals surface area contributed by atoms with Crippen molar-refractivity contribution in [3.05, 3.63) is 97.4 Å². The lowest BCUT2D eigenvalue weighted by Crippen LogP contribution is -2.33. The predicted octanol–water partition coefficient (Wildman–Crippen LogP) is 7.11. The average Bonchev–Trinajstić information content (AvgIpc) is 3.14. The molecule has 2 atom stereocenters. The molecule has 0 aliphatic carbocycles. The Morgan fingerprint density at radius 3 is 2.32 bits per heavy atom. The maximum Gasteiger partial charge on any atom is 0.213 e. The van der Waals surface area contributed by atoms with Crippen LogP contribution in [0.15, 0.2) is 80.8 Å². The van der Waals surface area contributed by atoms with Crippen molar-refractivity contribution in [2.24, 2.45) is 5.10 Å². The minimum Gasteiger partial charge on any atom is -0.464 e. The van der Waals surface area contributed by atoms with Crippen molar-refractivity contribution in [3.63, 3.8) is 0 Å². The van der Waals surface area contributed by atoms with Gasteiger partial charge in [0.2, 0.25) is 6.23 Å². The Morgan fingerprint density at radius 2 is 1.61 bits per heavy atom. The summed E-state index contributed by atoms with van der Waals surface area (Å²) >= 11 is 13.3. The molecule has 0 saturated carbocycles. The molecular weight excluding hydrogens is 504 g/mol. The highest BCUT2D eigenvalue weighted by Crippen LogP contribution is 2.48. The lowest BCUT2D eigenvalue weighted by molar-refractivity contribution is -0.0190. The van der Waals surface area contributed by atoms with Crippen molar-refractivity contribution >= 4 is 49.2 Å². The van der Waals surface area contributed by atoms with Gasteiger partial charge in [0.15, 0.2) is 0 Å². The monoisotopic (exact) mass is 516 g/mol. The lowest BCUT2D eigenvalue weighted by Gasteiger charge is -2.38. The maximum atomic E-state index is 6.37. The lowest BCUT2D eigenvalue weighted by atomic mass is 9.96. The molecule has 0 N–H and O–H groups in total. The molecule has 2 heterocycles. The van der Waals surface area contributed by atoms with E-state index in [0.29, 0.717) is 5.02 Å². The predicted molar refractivity (Wildman–Crippen MR) is 119 cm³/mol. The number of hydrogen-bond acceptors (Lipinski definition) is 3. The molecule has 140 valence electrons. The molecule has 6 heteroatoms. The molecule has 0 fully saturated rings. The molecule has 0 radical (unpaired) electrons. The molecule has 0 amide bonds. The van der Waals surface area contributed by atoms with Crippen LogP contribution >= 0.6 is 43.5 Å². The van der Waals surface area contributed by atoms with E-state index < -0.39 is 0 Å². The highest BCUT2D eigenvalue weighted by molar-refractivity contribution is 9.10. The van der Waals surface area contributed by atoms with E-state index in [1.54, 1.807) is 0 Å². The molecule has 3 nitrogen and oxygen atoms in total. The van der Waals surface area contributed by atoms with Gasteiger partial charge in [-0.3, -0.25) is 0 Å². The molecule has 5 rings (SSSR count). The second kappa shape index (κ2) is 7.21. The van der Waals surface area contributed by atoms with E-state index in [4.69, 9.17) is 21.4 Å². The SMILES string of the molecule is Clc1ccc2c(c1)C1CC(c3ccc(Br)cc3)=NN1C(c1ccc(Br)cc1)O2. The Hall–Kier alpha value is -1.82. The smallest absolute Gasteiger partial charge is 0.213 e. The van der Waals surface area contributed by atoms with Crippen molar-refractivity contribution in [1.29, 1.82) is 0 Å². The van der Waals surface area contributed by atoms with Crippen LogP contribution in [0.2, 0.25) is 5.02 Å². The van der Waals surface area contributed by atoms with E-state index in [-0.39, 0.29) is 12.3 Å². The number of hydrazone groups is 1. The highest BCUT2D eigenvalue weighted by Gasteiger charge is 2.41. The van der Waals surface area contributed by atoms with E-state index in [9.17, 15) is 0 Å². The van der Waals surface area contributed by atoms with E-state index >= 15 is 0 Å². The first-order valence-corrected chi connectivity index (χ1v) is 10.9. The van der Waals surface area contributed by atoms with Crippen molar-refractivity contribution < 1.29 is 4.74 Å². The second-order valence-electron chi connectivity index (χ2n) is 6.86. The summed E-state index contributed by atoms with van der Waals surface area (Å²) in [6.07, 6.45) is 0.533. The second-order valence-corrected chi connectivity index (χ2v) is 9.13. The summed E-state index contributed by atoms with van der Waals surface area (Å²) in [7, 11) is 0. The first kappa shape index (κ1) is 18.2. The van der Waals surface area contributed by atoms with Crippen LogP contribution in [0.3, 0.4) is 0 Å². The van der Waals surface area contributed by atoms with Crippen molar-refractivity contribution in [1.82, 2.24) is 5.01 Å². The molecule has 3 aromatic carbocycles. The number of halogens is 3. The fraction of sp³-hybridized carbons (Fsp3) is 0.136. The summed E-state index contributed by atoms with van der Waals surface area (Å²) in [4.78, 5) is 0. The first-order chi connectivity index (χ1) is 13.6. The molecule has 2 aliphatic heterocycles. The van der Waals surface area contributed by atoms with Gasteiger partial charge in [-0.2, -0.15) is 5.10 Å². The van der Waals surface area contributed by atoms with E-state index in [1.807, 2.05) is 42.5 Å². The summed E-state index contributed by atoms with van der Waals surface area (Å²) in [5.74, 6) is 0.867. The molecule has 2 unspecified atom stereocenters. The summed E-state index contributed by atoms with van der Waals surface area (Å²) < 4.78 is 8.46. The van der Waals surface area contributed by atoms with Gasteiger partial charge in [0.05, 0.1) is 11.8 Å². The fourth-order valence-corrected chi connectivity index (χ4v) is 4.43. The Labute approximate surface area is 185 Å². The quantitative estimate of drug-likeness (QED) is 0.361. The summed E-state index contributed by atoms with van der Waals surface area (Å²) in [6.45, 7) is 0. The Kier molecular flexibility index (Phi) is 4.69. The third-order valence-corrected chi connectivity index (χ3v) is 6.38. The topological polar surface area (TPSA) is 24.8 Å². The van der Waals surface area contributed by atoms with Crippen LogP contribution in [0.1, 0.15) is 35.4 Å².